The molecule has 5 heteroatoms. The molecule has 0 spiro atoms. The largest absolute Gasteiger partial charge is 0.480 e. The first-order valence-electron chi connectivity index (χ1n) is 8.15. The predicted molar refractivity (Wildman–Crippen MR) is 83.2 cm³/mol. The number of amides is 2. The minimum absolute atomic E-state index is 0.232. The van der Waals surface area contributed by atoms with Crippen LogP contribution in [0.15, 0.2) is 0 Å². The Hall–Kier alpha value is -1.26. The van der Waals surface area contributed by atoms with Gasteiger partial charge >= 0.3 is 12.0 Å². The van der Waals surface area contributed by atoms with E-state index in [4.69, 9.17) is 5.11 Å². The molecule has 0 radical (unpaired) electrons. The SMILES string of the molecule is CC(C)C[C@H](NC(=O)NCCC1CCCC(C)C1)C(=O)O. The monoisotopic (exact) mass is 298 g/mol. The first-order chi connectivity index (χ1) is 9.88. The van der Waals surface area contributed by atoms with Crippen LogP contribution in [0.1, 0.15) is 59.3 Å². The van der Waals surface area contributed by atoms with Gasteiger partial charge in [-0.05, 0) is 37.0 Å². The molecule has 2 amide bonds. The molecule has 0 aromatic carbocycles. The van der Waals surface area contributed by atoms with Crippen molar-refractivity contribution in [3.05, 3.63) is 0 Å². The average Bonchev–Trinajstić information content (AvgIpc) is 2.37. The molecule has 1 rings (SSSR count). The summed E-state index contributed by atoms with van der Waals surface area (Å²) in [5.41, 5.74) is 0. The summed E-state index contributed by atoms with van der Waals surface area (Å²) in [6.45, 7) is 6.80. The summed E-state index contributed by atoms with van der Waals surface area (Å²) in [6, 6.07) is -1.17. The lowest BCUT2D eigenvalue weighted by Gasteiger charge is -2.26. The lowest BCUT2D eigenvalue weighted by molar-refractivity contribution is -0.139. The second kappa shape index (κ2) is 8.90. The number of rotatable bonds is 7. The van der Waals surface area contributed by atoms with Crippen molar-refractivity contribution in [2.24, 2.45) is 17.8 Å². The Balaban J connectivity index is 2.24. The van der Waals surface area contributed by atoms with E-state index in [1.165, 1.54) is 25.7 Å². The molecule has 0 aliphatic heterocycles. The van der Waals surface area contributed by atoms with Gasteiger partial charge in [0.25, 0.3) is 0 Å². The minimum Gasteiger partial charge on any atom is -0.480 e. The summed E-state index contributed by atoms with van der Waals surface area (Å²) in [4.78, 5) is 22.8. The summed E-state index contributed by atoms with van der Waals surface area (Å²) < 4.78 is 0. The molecule has 0 aromatic rings. The number of nitrogens with one attached hydrogen (secondary N) is 2. The van der Waals surface area contributed by atoms with Crippen LogP contribution in [0.2, 0.25) is 0 Å². The highest BCUT2D eigenvalue weighted by atomic mass is 16.4. The molecule has 0 aromatic heterocycles. The van der Waals surface area contributed by atoms with E-state index in [1.807, 2.05) is 13.8 Å². The Morgan fingerprint density at radius 3 is 2.57 bits per heavy atom. The molecule has 0 bridgehead atoms. The Morgan fingerprint density at radius 1 is 1.29 bits per heavy atom. The number of carbonyl (C=O) groups is 2. The number of aliphatic carboxylic acids is 1. The molecule has 21 heavy (non-hydrogen) atoms. The standard InChI is InChI=1S/C16H30N2O3/c1-11(2)9-14(15(19)20)18-16(21)17-8-7-13-6-4-5-12(3)10-13/h11-14H,4-10H2,1-3H3,(H,19,20)(H2,17,18,21)/t12?,13?,14-/m0/s1. The van der Waals surface area contributed by atoms with Crippen LogP contribution in [0.5, 0.6) is 0 Å². The van der Waals surface area contributed by atoms with Gasteiger partial charge in [-0.2, -0.15) is 0 Å². The van der Waals surface area contributed by atoms with Crippen LogP contribution in [0.25, 0.3) is 0 Å². The zero-order valence-corrected chi connectivity index (χ0v) is 13.5. The average molecular weight is 298 g/mol. The normalized spacial score (nSPS) is 23.6. The van der Waals surface area contributed by atoms with Crippen molar-refractivity contribution in [3.8, 4) is 0 Å². The summed E-state index contributed by atoms with van der Waals surface area (Å²) in [7, 11) is 0. The van der Waals surface area contributed by atoms with E-state index in [0.29, 0.717) is 18.9 Å². The lowest BCUT2D eigenvalue weighted by Crippen LogP contribution is -2.47. The minimum atomic E-state index is -0.972. The number of urea groups is 1. The van der Waals surface area contributed by atoms with Gasteiger partial charge in [0.15, 0.2) is 0 Å². The lowest BCUT2D eigenvalue weighted by atomic mass is 9.81. The maximum atomic E-state index is 11.8. The fourth-order valence-corrected chi connectivity index (χ4v) is 3.11. The molecule has 0 saturated heterocycles. The summed E-state index contributed by atoms with van der Waals surface area (Å²) in [5.74, 6) is 0.745. The van der Waals surface area contributed by atoms with Crippen LogP contribution in [-0.4, -0.2) is 29.7 Å². The smallest absolute Gasteiger partial charge is 0.326 e. The highest BCUT2D eigenvalue weighted by Gasteiger charge is 2.22. The van der Waals surface area contributed by atoms with Gasteiger partial charge in [-0.25, -0.2) is 9.59 Å². The van der Waals surface area contributed by atoms with Crippen molar-refractivity contribution in [3.63, 3.8) is 0 Å². The predicted octanol–water partition coefficient (Wildman–Crippen LogP) is 3.00. The van der Waals surface area contributed by atoms with Gasteiger partial charge in [0.05, 0.1) is 0 Å². The van der Waals surface area contributed by atoms with Gasteiger partial charge in [-0.3, -0.25) is 0 Å². The number of hydrogen-bond donors (Lipinski definition) is 3. The topological polar surface area (TPSA) is 78.4 Å². The van der Waals surface area contributed by atoms with E-state index < -0.39 is 12.0 Å². The molecule has 122 valence electrons. The van der Waals surface area contributed by atoms with Crippen LogP contribution in [0.4, 0.5) is 4.79 Å². The van der Waals surface area contributed by atoms with Gasteiger partial charge in [0.2, 0.25) is 0 Å². The molecule has 0 heterocycles. The van der Waals surface area contributed by atoms with Gasteiger partial charge < -0.3 is 15.7 Å². The third-order valence-electron chi connectivity index (χ3n) is 4.19. The molecule has 3 N–H and O–H groups in total. The van der Waals surface area contributed by atoms with Crippen LogP contribution in [0, 0.1) is 17.8 Å². The van der Waals surface area contributed by atoms with Crippen molar-refractivity contribution in [1.82, 2.24) is 10.6 Å². The zero-order valence-electron chi connectivity index (χ0n) is 13.5. The Morgan fingerprint density at radius 2 is 2.00 bits per heavy atom. The van der Waals surface area contributed by atoms with Crippen molar-refractivity contribution < 1.29 is 14.7 Å². The van der Waals surface area contributed by atoms with Crippen LogP contribution < -0.4 is 10.6 Å². The number of carboxylic acid groups (broad SMARTS) is 1. The van der Waals surface area contributed by atoms with E-state index in [1.54, 1.807) is 0 Å². The Kier molecular flexibility index (Phi) is 7.54. The fraction of sp³-hybridized carbons (Fsp3) is 0.875. The van der Waals surface area contributed by atoms with Gasteiger partial charge in [-0.1, -0.05) is 40.0 Å². The van der Waals surface area contributed by atoms with E-state index in [9.17, 15) is 9.59 Å². The molecule has 3 atom stereocenters. The number of carbonyl (C=O) groups excluding carboxylic acids is 1. The third-order valence-corrected chi connectivity index (χ3v) is 4.19. The van der Waals surface area contributed by atoms with Crippen molar-refractivity contribution in [1.29, 1.82) is 0 Å². The maximum Gasteiger partial charge on any atom is 0.326 e. The zero-order chi connectivity index (χ0) is 15.8. The molecule has 1 aliphatic rings. The maximum absolute atomic E-state index is 11.8. The fourth-order valence-electron chi connectivity index (χ4n) is 3.11. The third kappa shape index (κ3) is 7.34. The van der Waals surface area contributed by atoms with Crippen molar-refractivity contribution in [2.45, 2.75) is 65.3 Å². The van der Waals surface area contributed by atoms with Crippen molar-refractivity contribution >= 4 is 12.0 Å². The molecule has 1 fully saturated rings. The summed E-state index contributed by atoms with van der Waals surface area (Å²) >= 11 is 0. The molecule has 5 nitrogen and oxygen atoms in total. The summed E-state index contributed by atoms with van der Waals surface area (Å²) in [6.07, 6.45) is 6.53. The van der Waals surface area contributed by atoms with Crippen LogP contribution in [-0.2, 0) is 4.79 Å². The molecular weight excluding hydrogens is 268 g/mol. The molecule has 1 saturated carbocycles. The van der Waals surface area contributed by atoms with Gasteiger partial charge in [0.1, 0.15) is 6.04 Å². The van der Waals surface area contributed by atoms with Gasteiger partial charge in [0, 0.05) is 6.54 Å². The van der Waals surface area contributed by atoms with E-state index in [0.717, 1.165) is 12.3 Å². The first kappa shape index (κ1) is 17.8. The number of carboxylic acids is 1. The van der Waals surface area contributed by atoms with Crippen molar-refractivity contribution in [2.75, 3.05) is 6.54 Å². The molecular formula is C16H30N2O3. The first-order valence-corrected chi connectivity index (χ1v) is 8.15. The number of hydrogen-bond acceptors (Lipinski definition) is 2. The molecule has 1 aliphatic carbocycles. The Labute approximate surface area is 127 Å². The highest BCUT2D eigenvalue weighted by Crippen LogP contribution is 2.30. The summed E-state index contributed by atoms with van der Waals surface area (Å²) in [5, 5.41) is 14.4. The highest BCUT2D eigenvalue weighted by molar-refractivity contribution is 5.82. The van der Waals surface area contributed by atoms with Gasteiger partial charge in [-0.15, -0.1) is 0 Å². The Bertz CT molecular complexity index is 344. The second-order valence-corrected chi connectivity index (χ2v) is 6.85. The van der Waals surface area contributed by atoms with Crippen LogP contribution >= 0.6 is 0 Å². The van der Waals surface area contributed by atoms with E-state index in [-0.39, 0.29) is 11.9 Å². The van der Waals surface area contributed by atoms with E-state index >= 15 is 0 Å². The second-order valence-electron chi connectivity index (χ2n) is 6.85. The van der Waals surface area contributed by atoms with Crippen LogP contribution in [0.3, 0.4) is 0 Å². The quantitative estimate of drug-likeness (QED) is 0.676. The molecule has 2 unspecified atom stereocenters. The van der Waals surface area contributed by atoms with E-state index in [2.05, 4.69) is 17.6 Å².